The van der Waals surface area contributed by atoms with Gasteiger partial charge in [-0.1, -0.05) is 29.9 Å². The van der Waals surface area contributed by atoms with Crippen LogP contribution in [0, 0.1) is 5.82 Å². The first-order valence-corrected chi connectivity index (χ1v) is 6.14. The van der Waals surface area contributed by atoms with E-state index in [4.69, 9.17) is 29.6 Å². The zero-order chi connectivity index (χ0) is 13.8. The van der Waals surface area contributed by atoms with Crippen LogP contribution in [0.3, 0.4) is 0 Å². The molecule has 0 spiro atoms. The third kappa shape index (κ3) is 3.59. The Morgan fingerprint density at radius 2 is 2.16 bits per heavy atom. The highest BCUT2D eigenvalue weighted by atomic mass is 35.5. The summed E-state index contributed by atoms with van der Waals surface area (Å²) in [5, 5.41) is 3.13. The molecule has 2 aromatic rings. The molecule has 0 unspecified atom stereocenters. The molecule has 0 bridgehead atoms. The van der Waals surface area contributed by atoms with E-state index < -0.39 is 5.82 Å². The first-order valence-electron chi connectivity index (χ1n) is 5.36. The number of hydrogen-bond acceptors (Lipinski definition) is 4. The van der Waals surface area contributed by atoms with Crippen molar-refractivity contribution in [3.63, 3.8) is 0 Å². The Kier molecular flexibility index (Phi) is 4.24. The van der Waals surface area contributed by atoms with Crippen LogP contribution in [0.25, 0.3) is 0 Å². The van der Waals surface area contributed by atoms with Gasteiger partial charge in [-0.25, -0.2) is 14.4 Å². The summed E-state index contributed by atoms with van der Waals surface area (Å²) in [6, 6.07) is 4.52. The second kappa shape index (κ2) is 5.90. The maximum atomic E-state index is 13.0. The molecule has 19 heavy (non-hydrogen) atoms. The predicted molar refractivity (Wildman–Crippen MR) is 76.7 cm³/mol. The number of aromatic nitrogens is 2. The van der Waals surface area contributed by atoms with Crippen LogP contribution in [-0.4, -0.2) is 15.0 Å². The van der Waals surface area contributed by atoms with Gasteiger partial charge < -0.3 is 11.1 Å². The van der Waals surface area contributed by atoms with Crippen LogP contribution >= 0.6 is 23.8 Å². The highest BCUT2D eigenvalue weighted by Crippen LogP contribution is 2.16. The fourth-order valence-corrected chi connectivity index (χ4v) is 1.70. The summed E-state index contributed by atoms with van der Waals surface area (Å²) in [5.74, 6) is 0.131. The minimum Gasteiger partial charge on any atom is -0.388 e. The van der Waals surface area contributed by atoms with Crippen LogP contribution in [0.5, 0.6) is 0 Å². The van der Waals surface area contributed by atoms with Crippen LogP contribution < -0.4 is 11.1 Å². The molecule has 1 heterocycles. The molecule has 1 aromatic carbocycles. The van der Waals surface area contributed by atoms with Crippen molar-refractivity contribution in [2.75, 3.05) is 5.32 Å². The van der Waals surface area contributed by atoms with Crippen molar-refractivity contribution in [3.8, 4) is 0 Å². The Morgan fingerprint density at radius 3 is 2.74 bits per heavy atom. The summed E-state index contributed by atoms with van der Waals surface area (Å²) in [4.78, 5) is 8.35. The van der Waals surface area contributed by atoms with Gasteiger partial charge in [-0.05, 0) is 17.7 Å². The highest BCUT2D eigenvalue weighted by Gasteiger charge is 2.02. The van der Waals surface area contributed by atoms with E-state index in [0.29, 0.717) is 18.1 Å². The largest absolute Gasteiger partial charge is 0.388 e. The van der Waals surface area contributed by atoms with Crippen LogP contribution in [-0.2, 0) is 6.54 Å². The van der Waals surface area contributed by atoms with Gasteiger partial charge in [0, 0.05) is 6.54 Å². The minimum atomic E-state index is -0.439. The SMILES string of the molecule is NC(=S)c1cnc(NCc2ccc(F)c(Cl)c2)cn1. The number of halogens is 2. The van der Waals surface area contributed by atoms with Crippen molar-refractivity contribution in [2.45, 2.75) is 6.54 Å². The van der Waals surface area contributed by atoms with Gasteiger partial charge in [0.25, 0.3) is 0 Å². The topological polar surface area (TPSA) is 63.8 Å². The third-order valence-corrected chi connectivity index (χ3v) is 2.86. The summed E-state index contributed by atoms with van der Waals surface area (Å²) in [6.07, 6.45) is 3.02. The van der Waals surface area contributed by atoms with E-state index in [0.717, 1.165) is 5.56 Å². The lowest BCUT2D eigenvalue weighted by Crippen LogP contribution is -2.12. The van der Waals surface area contributed by atoms with Crippen molar-refractivity contribution in [2.24, 2.45) is 5.73 Å². The van der Waals surface area contributed by atoms with Crippen molar-refractivity contribution in [3.05, 3.63) is 52.7 Å². The number of nitrogens with one attached hydrogen (secondary N) is 1. The van der Waals surface area contributed by atoms with Crippen molar-refractivity contribution in [1.82, 2.24) is 9.97 Å². The standard InChI is InChI=1S/C12H10ClFN4S/c13-8-3-7(1-2-9(8)14)4-17-11-6-16-10(5-18-11)12(15)19/h1-3,5-6H,4H2,(H2,15,19)(H,17,18). The summed E-state index contributed by atoms with van der Waals surface area (Å²) >= 11 is 10.5. The Hall–Kier alpha value is -1.79. The Balaban J connectivity index is 2.01. The van der Waals surface area contributed by atoms with Crippen LogP contribution in [0.2, 0.25) is 5.02 Å². The molecule has 0 aliphatic carbocycles. The molecule has 0 amide bonds. The normalized spacial score (nSPS) is 10.2. The molecule has 4 nitrogen and oxygen atoms in total. The number of anilines is 1. The second-order valence-electron chi connectivity index (χ2n) is 3.75. The van der Waals surface area contributed by atoms with Crippen LogP contribution in [0.15, 0.2) is 30.6 Å². The molecular formula is C12H10ClFN4S. The average Bonchev–Trinajstić information content (AvgIpc) is 2.40. The van der Waals surface area contributed by atoms with Gasteiger partial charge in [0.1, 0.15) is 22.3 Å². The zero-order valence-electron chi connectivity index (χ0n) is 9.73. The van der Waals surface area contributed by atoms with E-state index in [1.54, 1.807) is 12.1 Å². The summed E-state index contributed by atoms with van der Waals surface area (Å²) in [7, 11) is 0. The first-order chi connectivity index (χ1) is 9.06. The minimum absolute atomic E-state index is 0.0919. The number of rotatable bonds is 4. The Bertz CT molecular complexity index is 603. The van der Waals surface area contributed by atoms with E-state index in [9.17, 15) is 4.39 Å². The average molecular weight is 297 g/mol. The van der Waals surface area contributed by atoms with Gasteiger partial charge in [0.2, 0.25) is 0 Å². The Morgan fingerprint density at radius 1 is 1.37 bits per heavy atom. The van der Waals surface area contributed by atoms with Gasteiger partial charge >= 0.3 is 0 Å². The summed E-state index contributed by atoms with van der Waals surface area (Å²) < 4.78 is 13.0. The van der Waals surface area contributed by atoms with Gasteiger partial charge in [-0.3, -0.25) is 0 Å². The van der Waals surface area contributed by atoms with Crippen LogP contribution in [0.4, 0.5) is 10.2 Å². The third-order valence-electron chi connectivity index (χ3n) is 2.36. The first kappa shape index (κ1) is 13.6. The Labute approximate surface area is 119 Å². The fraction of sp³-hybridized carbons (Fsp3) is 0.0833. The van der Waals surface area contributed by atoms with E-state index in [-0.39, 0.29) is 10.0 Å². The number of hydrogen-bond donors (Lipinski definition) is 2. The molecule has 0 radical (unpaired) electrons. The predicted octanol–water partition coefficient (Wildman–Crippen LogP) is 2.52. The smallest absolute Gasteiger partial charge is 0.144 e. The van der Waals surface area contributed by atoms with Gasteiger partial charge in [-0.15, -0.1) is 0 Å². The lowest BCUT2D eigenvalue weighted by molar-refractivity contribution is 0.627. The number of thiocarbonyl (C=S) groups is 1. The molecule has 0 fully saturated rings. The zero-order valence-corrected chi connectivity index (χ0v) is 11.3. The molecule has 3 N–H and O–H groups in total. The number of nitrogens with two attached hydrogens (primary N) is 1. The van der Waals surface area contributed by atoms with E-state index in [2.05, 4.69) is 15.3 Å². The highest BCUT2D eigenvalue weighted by molar-refractivity contribution is 7.80. The van der Waals surface area contributed by atoms with E-state index in [1.165, 1.54) is 18.5 Å². The van der Waals surface area contributed by atoms with Crippen molar-refractivity contribution < 1.29 is 4.39 Å². The molecule has 0 aliphatic rings. The molecule has 0 saturated carbocycles. The molecule has 0 saturated heterocycles. The van der Waals surface area contributed by atoms with Crippen molar-refractivity contribution >= 4 is 34.6 Å². The van der Waals surface area contributed by atoms with E-state index in [1.807, 2.05) is 0 Å². The summed E-state index contributed by atoms with van der Waals surface area (Å²) in [5.41, 5.74) is 6.72. The fourth-order valence-electron chi connectivity index (χ4n) is 1.39. The van der Waals surface area contributed by atoms with Crippen LogP contribution in [0.1, 0.15) is 11.3 Å². The van der Waals surface area contributed by atoms with Gasteiger partial charge in [-0.2, -0.15) is 0 Å². The van der Waals surface area contributed by atoms with Gasteiger partial charge in [0.15, 0.2) is 0 Å². The lowest BCUT2D eigenvalue weighted by Gasteiger charge is -2.06. The molecule has 2 rings (SSSR count). The number of nitrogens with zero attached hydrogens (tertiary/aromatic N) is 2. The maximum Gasteiger partial charge on any atom is 0.144 e. The second-order valence-corrected chi connectivity index (χ2v) is 4.60. The molecule has 98 valence electrons. The number of benzene rings is 1. The van der Waals surface area contributed by atoms with E-state index >= 15 is 0 Å². The molecule has 0 atom stereocenters. The molecular weight excluding hydrogens is 287 g/mol. The van der Waals surface area contributed by atoms with Crippen molar-refractivity contribution in [1.29, 1.82) is 0 Å². The molecule has 7 heteroatoms. The quantitative estimate of drug-likeness (QED) is 0.849. The lowest BCUT2D eigenvalue weighted by atomic mass is 10.2. The molecule has 0 aliphatic heterocycles. The van der Waals surface area contributed by atoms with Gasteiger partial charge in [0.05, 0.1) is 17.4 Å². The summed E-state index contributed by atoms with van der Waals surface area (Å²) in [6.45, 7) is 0.459. The monoisotopic (exact) mass is 296 g/mol. The maximum absolute atomic E-state index is 13.0. The molecule has 1 aromatic heterocycles.